The van der Waals surface area contributed by atoms with Gasteiger partial charge in [-0.2, -0.15) is 5.10 Å². The first kappa shape index (κ1) is 21.1. The Labute approximate surface area is 180 Å². The molecule has 166 valence electrons. The average molecular weight is 428 g/mol. The molecule has 4 unspecified atom stereocenters. The van der Waals surface area contributed by atoms with Crippen molar-refractivity contribution in [2.24, 2.45) is 11.7 Å². The van der Waals surface area contributed by atoms with Crippen LogP contribution in [0.3, 0.4) is 0 Å². The molecular weight excluding hydrogens is 398 g/mol. The topological polar surface area (TPSA) is 130 Å². The molecule has 4 rings (SSSR count). The summed E-state index contributed by atoms with van der Waals surface area (Å²) < 4.78 is 5.54. The number of likely N-dealkylation sites (tertiary alicyclic amines) is 1. The summed E-state index contributed by atoms with van der Waals surface area (Å²) in [6.07, 6.45) is 3.99. The van der Waals surface area contributed by atoms with Gasteiger partial charge in [-0.3, -0.25) is 19.6 Å². The zero-order valence-corrected chi connectivity index (χ0v) is 18.1. The first-order chi connectivity index (χ1) is 14.6. The molecule has 2 fully saturated rings. The van der Waals surface area contributed by atoms with Crippen molar-refractivity contribution in [3.63, 3.8) is 0 Å². The third-order valence-corrected chi connectivity index (χ3v) is 6.06. The molecule has 1 aliphatic carbocycles. The van der Waals surface area contributed by atoms with Crippen molar-refractivity contribution in [1.29, 1.82) is 0 Å². The minimum atomic E-state index is -0.882. The van der Waals surface area contributed by atoms with Crippen LogP contribution in [0.1, 0.15) is 45.6 Å². The van der Waals surface area contributed by atoms with E-state index in [9.17, 15) is 14.4 Å². The molecule has 1 saturated carbocycles. The van der Waals surface area contributed by atoms with Gasteiger partial charge in [0.1, 0.15) is 17.7 Å². The van der Waals surface area contributed by atoms with Crippen LogP contribution in [0.5, 0.6) is 0 Å². The van der Waals surface area contributed by atoms with Crippen LogP contribution in [-0.4, -0.2) is 56.7 Å². The molecule has 3 amide bonds. The Balaban J connectivity index is 1.49. The molecule has 1 aromatic carbocycles. The highest BCUT2D eigenvalue weighted by Gasteiger charge is 2.52. The summed E-state index contributed by atoms with van der Waals surface area (Å²) in [6.45, 7) is 5.40. The van der Waals surface area contributed by atoms with E-state index in [0.717, 1.165) is 35.7 Å². The standard InChI is InChI=1S/C22H29N5O4/c1-22(2,3)31-21(30)27-15-7-6-13(10-15)18(27)20(29)25-17(19(23)28)9-12-4-5-14-11-24-26-16(14)8-12/h4-5,8,11,13,15,17-18H,6-7,9-10H2,1-3H3,(H2,23,28)(H,24,26)(H,25,29). The highest BCUT2D eigenvalue weighted by atomic mass is 16.6. The molecule has 4 N–H and O–H groups in total. The monoisotopic (exact) mass is 427 g/mol. The predicted molar refractivity (Wildman–Crippen MR) is 114 cm³/mol. The maximum Gasteiger partial charge on any atom is 0.411 e. The number of amides is 3. The molecule has 0 radical (unpaired) electrons. The molecular formula is C22H29N5O4. The van der Waals surface area contributed by atoms with Gasteiger partial charge in [0.25, 0.3) is 0 Å². The Morgan fingerprint density at radius 2 is 2.10 bits per heavy atom. The maximum absolute atomic E-state index is 13.2. The Morgan fingerprint density at radius 1 is 1.32 bits per heavy atom. The quantitative estimate of drug-likeness (QED) is 0.670. The summed E-state index contributed by atoms with van der Waals surface area (Å²) in [7, 11) is 0. The smallest absolute Gasteiger partial charge is 0.411 e. The molecule has 2 aromatic rings. The van der Waals surface area contributed by atoms with E-state index < -0.39 is 29.7 Å². The Morgan fingerprint density at radius 3 is 2.81 bits per heavy atom. The third kappa shape index (κ3) is 4.35. The van der Waals surface area contributed by atoms with Gasteiger partial charge in [-0.15, -0.1) is 0 Å². The number of nitrogens with one attached hydrogen (secondary N) is 2. The third-order valence-electron chi connectivity index (χ3n) is 6.06. The molecule has 2 heterocycles. The lowest BCUT2D eigenvalue weighted by Gasteiger charge is -2.36. The SMILES string of the molecule is CC(C)(C)OC(=O)N1C2CCC(C2)C1C(=O)NC(Cc1ccc2cn[nH]c2c1)C(N)=O. The number of carbonyl (C=O) groups is 3. The number of rotatable bonds is 5. The van der Waals surface area contributed by atoms with Crippen LogP contribution in [0, 0.1) is 5.92 Å². The van der Waals surface area contributed by atoms with E-state index in [0.29, 0.717) is 0 Å². The Kier molecular flexibility index (Phi) is 5.36. The van der Waals surface area contributed by atoms with E-state index in [1.165, 1.54) is 0 Å². The number of hydrogen-bond donors (Lipinski definition) is 3. The predicted octanol–water partition coefficient (Wildman–Crippen LogP) is 1.86. The van der Waals surface area contributed by atoms with E-state index in [1.807, 2.05) is 18.2 Å². The number of H-pyrrole nitrogens is 1. The number of piperidine rings is 1. The lowest BCUT2D eigenvalue weighted by molar-refractivity contribution is -0.132. The number of aromatic amines is 1. The largest absolute Gasteiger partial charge is 0.444 e. The highest BCUT2D eigenvalue weighted by Crippen LogP contribution is 2.43. The number of nitrogens with two attached hydrogens (primary N) is 1. The highest BCUT2D eigenvalue weighted by molar-refractivity contribution is 5.92. The second kappa shape index (κ2) is 7.86. The number of hydrogen-bond acceptors (Lipinski definition) is 5. The van der Waals surface area contributed by atoms with Crippen LogP contribution in [0.4, 0.5) is 4.79 Å². The van der Waals surface area contributed by atoms with Gasteiger partial charge in [-0.05, 0) is 57.6 Å². The van der Waals surface area contributed by atoms with Crippen LogP contribution in [0.15, 0.2) is 24.4 Å². The second-order valence-electron chi connectivity index (χ2n) is 9.52. The van der Waals surface area contributed by atoms with Crippen LogP contribution in [0.2, 0.25) is 0 Å². The van der Waals surface area contributed by atoms with Crippen molar-refractivity contribution >= 4 is 28.8 Å². The molecule has 4 atom stereocenters. The zero-order valence-electron chi connectivity index (χ0n) is 18.1. The van der Waals surface area contributed by atoms with Crippen molar-refractivity contribution in [2.45, 2.75) is 70.2 Å². The molecule has 2 bridgehead atoms. The van der Waals surface area contributed by atoms with Crippen molar-refractivity contribution in [3.8, 4) is 0 Å². The molecule has 9 nitrogen and oxygen atoms in total. The van der Waals surface area contributed by atoms with Gasteiger partial charge in [0.05, 0.1) is 11.7 Å². The summed E-state index contributed by atoms with van der Waals surface area (Å²) in [5.74, 6) is -0.915. The molecule has 1 saturated heterocycles. The Hall–Kier alpha value is -3.10. The second-order valence-corrected chi connectivity index (χ2v) is 9.52. The van der Waals surface area contributed by atoms with Gasteiger partial charge in [0.15, 0.2) is 0 Å². The summed E-state index contributed by atoms with van der Waals surface area (Å²) in [4.78, 5) is 39.7. The van der Waals surface area contributed by atoms with Crippen LogP contribution >= 0.6 is 0 Å². The van der Waals surface area contributed by atoms with Gasteiger partial charge < -0.3 is 15.8 Å². The normalized spacial score (nSPS) is 23.7. The van der Waals surface area contributed by atoms with E-state index in [-0.39, 0.29) is 24.3 Å². The zero-order chi connectivity index (χ0) is 22.3. The molecule has 1 aliphatic heterocycles. The fraction of sp³-hybridized carbons (Fsp3) is 0.545. The maximum atomic E-state index is 13.2. The van der Waals surface area contributed by atoms with E-state index in [4.69, 9.17) is 10.5 Å². The Bertz CT molecular complexity index is 1010. The fourth-order valence-corrected chi connectivity index (χ4v) is 4.73. The van der Waals surface area contributed by atoms with Gasteiger partial charge >= 0.3 is 6.09 Å². The van der Waals surface area contributed by atoms with E-state index >= 15 is 0 Å². The minimum Gasteiger partial charge on any atom is -0.444 e. The average Bonchev–Trinajstić information content (AvgIpc) is 3.40. The van der Waals surface area contributed by atoms with Crippen LogP contribution in [0.25, 0.3) is 10.9 Å². The van der Waals surface area contributed by atoms with Gasteiger partial charge in [-0.1, -0.05) is 12.1 Å². The fourth-order valence-electron chi connectivity index (χ4n) is 4.73. The summed E-state index contributed by atoms with van der Waals surface area (Å²) in [6, 6.07) is 4.12. The number of carbonyl (C=O) groups excluding carboxylic acids is 3. The van der Waals surface area contributed by atoms with Crippen molar-refractivity contribution in [2.75, 3.05) is 0 Å². The number of nitrogens with zero attached hydrogens (tertiary/aromatic N) is 2. The van der Waals surface area contributed by atoms with Crippen LogP contribution in [-0.2, 0) is 20.7 Å². The van der Waals surface area contributed by atoms with E-state index in [2.05, 4.69) is 15.5 Å². The minimum absolute atomic E-state index is 0.00888. The summed E-state index contributed by atoms with van der Waals surface area (Å²) >= 11 is 0. The van der Waals surface area contributed by atoms with Gasteiger partial charge in [-0.25, -0.2) is 4.79 Å². The lowest BCUT2D eigenvalue weighted by Crippen LogP contribution is -2.57. The molecule has 0 spiro atoms. The number of ether oxygens (including phenoxy) is 1. The first-order valence-electron chi connectivity index (χ1n) is 10.7. The van der Waals surface area contributed by atoms with Gasteiger partial charge in [0.2, 0.25) is 11.8 Å². The first-order valence-corrected chi connectivity index (χ1v) is 10.7. The summed E-state index contributed by atoms with van der Waals surface area (Å²) in [5, 5.41) is 10.6. The molecule has 1 aromatic heterocycles. The number of aromatic nitrogens is 2. The van der Waals surface area contributed by atoms with Crippen molar-refractivity contribution in [3.05, 3.63) is 30.0 Å². The van der Waals surface area contributed by atoms with Crippen molar-refractivity contribution < 1.29 is 19.1 Å². The number of fused-ring (bicyclic) bond motifs is 3. The van der Waals surface area contributed by atoms with Crippen molar-refractivity contribution in [1.82, 2.24) is 20.4 Å². The molecule has 9 heteroatoms. The van der Waals surface area contributed by atoms with Gasteiger partial charge in [0, 0.05) is 17.8 Å². The number of benzene rings is 1. The lowest BCUT2D eigenvalue weighted by atomic mass is 9.97. The number of primary amides is 1. The molecule has 31 heavy (non-hydrogen) atoms. The molecule has 2 aliphatic rings. The summed E-state index contributed by atoms with van der Waals surface area (Å²) in [5.41, 5.74) is 6.64. The van der Waals surface area contributed by atoms with Crippen LogP contribution < -0.4 is 11.1 Å². The van der Waals surface area contributed by atoms with E-state index in [1.54, 1.807) is 31.9 Å².